The Morgan fingerprint density at radius 2 is 1.64 bits per heavy atom. The highest BCUT2D eigenvalue weighted by molar-refractivity contribution is 6.52. The van der Waals surface area contributed by atoms with Crippen molar-refractivity contribution in [2.75, 3.05) is 0 Å². The third kappa shape index (κ3) is 1.28. The summed E-state index contributed by atoms with van der Waals surface area (Å²) >= 11 is 12.5. The first-order chi connectivity index (χ1) is 6.51. The van der Waals surface area contributed by atoms with Gasteiger partial charge in [0.15, 0.2) is 0 Å². The maximum atomic E-state index is 6.26. The van der Waals surface area contributed by atoms with Crippen LogP contribution in [0, 0.1) is 5.92 Å². The van der Waals surface area contributed by atoms with Crippen LogP contribution in [0.15, 0.2) is 30.3 Å². The van der Waals surface area contributed by atoms with E-state index >= 15 is 0 Å². The molecule has 0 saturated heterocycles. The standard InChI is InChI=1S/C12H14Cl2/c1-9(2)11(8-12(11,13)14)10-6-4-3-5-7-10/h3-7,9H,8H2,1-2H3. The van der Waals surface area contributed by atoms with Crippen LogP contribution in [0.3, 0.4) is 0 Å². The zero-order chi connectivity index (χ0) is 10.4. The first-order valence-corrected chi connectivity index (χ1v) is 5.70. The van der Waals surface area contributed by atoms with Crippen LogP contribution in [-0.2, 0) is 5.41 Å². The summed E-state index contributed by atoms with van der Waals surface area (Å²) in [5, 5.41) is 0. The van der Waals surface area contributed by atoms with Gasteiger partial charge in [-0.05, 0) is 17.9 Å². The molecule has 0 heterocycles. The van der Waals surface area contributed by atoms with Gasteiger partial charge >= 0.3 is 0 Å². The molecule has 2 rings (SSSR count). The zero-order valence-corrected chi connectivity index (χ0v) is 9.94. The van der Waals surface area contributed by atoms with Crippen molar-refractivity contribution in [3.05, 3.63) is 35.9 Å². The molecule has 2 heteroatoms. The molecule has 0 spiro atoms. The first kappa shape index (κ1) is 10.3. The van der Waals surface area contributed by atoms with E-state index in [1.807, 2.05) is 18.2 Å². The maximum Gasteiger partial charge on any atom is 0.129 e. The summed E-state index contributed by atoms with van der Waals surface area (Å²) in [6.07, 6.45) is 0.866. The minimum absolute atomic E-state index is 0.0304. The second kappa shape index (κ2) is 3.15. The lowest BCUT2D eigenvalue weighted by Gasteiger charge is -2.22. The summed E-state index contributed by atoms with van der Waals surface area (Å²) in [6.45, 7) is 4.36. The average molecular weight is 229 g/mol. The lowest BCUT2D eigenvalue weighted by Crippen LogP contribution is -2.21. The van der Waals surface area contributed by atoms with E-state index in [4.69, 9.17) is 23.2 Å². The summed E-state index contributed by atoms with van der Waals surface area (Å²) in [5.74, 6) is 0.472. The van der Waals surface area contributed by atoms with E-state index in [2.05, 4.69) is 26.0 Å². The van der Waals surface area contributed by atoms with E-state index in [9.17, 15) is 0 Å². The van der Waals surface area contributed by atoms with Gasteiger partial charge < -0.3 is 0 Å². The minimum atomic E-state index is -0.567. The highest BCUT2D eigenvalue weighted by Gasteiger charge is 2.68. The van der Waals surface area contributed by atoms with Gasteiger partial charge in [0.1, 0.15) is 4.33 Å². The Bertz CT molecular complexity index is 329. The summed E-state index contributed by atoms with van der Waals surface area (Å²) in [7, 11) is 0. The number of hydrogen-bond acceptors (Lipinski definition) is 0. The predicted molar refractivity (Wildman–Crippen MR) is 62.0 cm³/mol. The smallest absolute Gasteiger partial charge is 0.101 e. The monoisotopic (exact) mass is 228 g/mol. The summed E-state index contributed by atoms with van der Waals surface area (Å²) in [4.78, 5) is 0. The first-order valence-electron chi connectivity index (χ1n) is 4.94. The Kier molecular flexibility index (Phi) is 2.32. The van der Waals surface area contributed by atoms with E-state index in [1.165, 1.54) is 5.56 Å². The van der Waals surface area contributed by atoms with Gasteiger partial charge in [0.2, 0.25) is 0 Å². The van der Waals surface area contributed by atoms with Crippen molar-refractivity contribution in [1.82, 2.24) is 0 Å². The molecule has 0 bridgehead atoms. The van der Waals surface area contributed by atoms with Crippen molar-refractivity contribution in [3.8, 4) is 0 Å². The van der Waals surface area contributed by atoms with Gasteiger partial charge in [0.25, 0.3) is 0 Å². The van der Waals surface area contributed by atoms with Gasteiger partial charge in [-0.3, -0.25) is 0 Å². The van der Waals surface area contributed by atoms with E-state index in [0.29, 0.717) is 5.92 Å². The number of hydrogen-bond donors (Lipinski definition) is 0. The molecule has 0 amide bonds. The van der Waals surface area contributed by atoms with Crippen LogP contribution < -0.4 is 0 Å². The highest BCUT2D eigenvalue weighted by Crippen LogP contribution is 2.68. The molecular weight excluding hydrogens is 215 g/mol. The largest absolute Gasteiger partial charge is 0.129 e. The van der Waals surface area contributed by atoms with Crippen molar-refractivity contribution in [2.24, 2.45) is 5.92 Å². The zero-order valence-electron chi connectivity index (χ0n) is 8.43. The molecule has 1 fully saturated rings. The van der Waals surface area contributed by atoms with Crippen LogP contribution in [0.25, 0.3) is 0 Å². The number of halogens is 2. The fraction of sp³-hybridized carbons (Fsp3) is 0.500. The number of rotatable bonds is 2. The molecule has 1 atom stereocenters. The quantitative estimate of drug-likeness (QED) is 0.668. The highest BCUT2D eigenvalue weighted by atomic mass is 35.5. The Labute approximate surface area is 95.2 Å². The van der Waals surface area contributed by atoms with E-state index in [1.54, 1.807) is 0 Å². The van der Waals surface area contributed by atoms with Crippen molar-refractivity contribution < 1.29 is 0 Å². The van der Waals surface area contributed by atoms with Gasteiger partial charge in [-0.1, -0.05) is 44.2 Å². The van der Waals surface area contributed by atoms with Crippen molar-refractivity contribution in [1.29, 1.82) is 0 Å². The van der Waals surface area contributed by atoms with E-state index < -0.39 is 4.33 Å². The topological polar surface area (TPSA) is 0 Å². The second-order valence-electron chi connectivity index (χ2n) is 4.37. The third-order valence-electron chi connectivity index (χ3n) is 3.30. The lowest BCUT2D eigenvalue weighted by atomic mass is 9.85. The number of benzene rings is 1. The van der Waals surface area contributed by atoms with Crippen LogP contribution >= 0.6 is 23.2 Å². The molecule has 76 valence electrons. The fourth-order valence-corrected chi connectivity index (χ4v) is 3.39. The van der Waals surface area contributed by atoms with Gasteiger partial charge in [0, 0.05) is 5.41 Å². The molecule has 1 unspecified atom stereocenters. The Morgan fingerprint density at radius 1 is 1.14 bits per heavy atom. The molecule has 0 N–H and O–H groups in total. The van der Waals surface area contributed by atoms with Crippen LogP contribution in [-0.4, -0.2) is 4.33 Å². The molecule has 1 aromatic rings. The minimum Gasteiger partial charge on any atom is -0.101 e. The average Bonchev–Trinajstić information content (AvgIpc) is 2.72. The van der Waals surface area contributed by atoms with E-state index in [-0.39, 0.29) is 5.41 Å². The van der Waals surface area contributed by atoms with Gasteiger partial charge in [-0.25, -0.2) is 0 Å². The van der Waals surface area contributed by atoms with Crippen LogP contribution in [0.1, 0.15) is 25.8 Å². The van der Waals surface area contributed by atoms with Gasteiger partial charge in [0.05, 0.1) is 0 Å². The summed E-state index contributed by atoms with van der Waals surface area (Å²) in [5.41, 5.74) is 1.23. The Hall–Kier alpha value is -0.200. The van der Waals surface area contributed by atoms with Crippen molar-refractivity contribution in [2.45, 2.75) is 30.0 Å². The molecule has 0 aromatic heterocycles. The van der Waals surface area contributed by atoms with Crippen LogP contribution in [0.5, 0.6) is 0 Å². The van der Waals surface area contributed by atoms with Crippen LogP contribution in [0.2, 0.25) is 0 Å². The fourth-order valence-electron chi connectivity index (χ4n) is 2.31. The molecule has 14 heavy (non-hydrogen) atoms. The summed E-state index contributed by atoms with van der Waals surface area (Å²) < 4.78 is -0.567. The molecule has 1 saturated carbocycles. The Balaban J connectivity index is 2.42. The van der Waals surface area contributed by atoms with E-state index in [0.717, 1.165) is 6.42 Å². The van der Waals surface area contributed by atoms with Crippen LogP contribution in [0.4, 0.5) is 0 Å². The summed E-state index contributed by atoms with van der Waals surface area (Å²) in [6, 6.07) is 10.3. The van der Waals surface area contributed by atoms with Gasteiger partial charge in [-0.2, -0.15) is 0 Å². The lowest BCUT2D eigenvalue weighted by molar-refractivity contribution is 0.475. The molecule has 1 aliphatic rings. The molecule has 1 aromatic carbocycles. The molecule has 0 aliphatic heterocycles. The van der Waals surface area contributed by atoms with Crippen molar-refractivity contribution >= 4 is 23.2 Å². The second-order valence-corrected chi connectivity index (χ2v) is 5.86. The Morgan fingerprint density at radius 3 is 2.00 bits per heavy atom. The molecule has 0 radical (unpaired) electrons. The molecular formula is C12H14Cl2. The molecule has 1 aliphatic carbocycles. The van der Waals surface area contributed by atoms with Crippen molar-refractivity contribution in [3.63, 3.8) is 0 Å². The normalized spacial score (nSPS) is 29.2. The predicted octanol–water partition coefficient (Wildman–Crippen LogP) is 4.16. The molecule has 0 nitrogen and oxygen atoms in total. The maximum absolute atomic E-state index is 6.26. The third-order valence-corrected chi connectivity index (χ3v) is 4.24. The van der Waals surface area contributed by atoms with Gasteiger partial charge in [-0.15, -0.1) is 23.2 Å². The number of alkyl halides is 2. The SMILES string of the molecule is CC(C)C1(c2ccccc2)CC1(Cl)Cl.